The van der Waals surface area contributed by atoms with E-state index in [1.165, 1.54) is 6.07 Å². The second kappa shape index (κ2) is 5.72. The average Bonchev–Trinajstić information content (AvgIpc) is 2.30. The van der Waals surface area contributed by atoms with Crippen molar-refractivity contribution in [3.05, 3.63) is 34.1 Å². The molecule has 0 aliphatic rings. The highest BCUT2D eigenvalue weighted by molar-refractivity contribution is 9.10. The first-order valence-corrected chi connectivity index (χ1v) is 5.71. The lowest BCUT2D eigenvalue weighted by Crippen LogP contribution is -2.48. The van der Waals surface area contributed by atoms with Crippen LogP contribution in [-0.2, 0) is 6.54 Å². The molecule has 1 rings (SSSR count). The number of rotatable bonds is 5. The maximum atomic E-state index is 13.0. The number of aliphatic hydroxyl groups excluding tert-OH is 2. The van der Waals surface area contributed by atoms with Gasteiger partial charge in [0.1, 0.15) is 5.82 Å². The smallest absolute Gasteiger partial charge is 0.137 e. The Kier molecular flexibility index (Phi) is 4.86. The number of nitrogens with one attached hydrogen (secondary N) is 1. The second-order valence-electron chi connectivity index (χ2n) is 3.98. The zero-order valence-corrected chi connectivity index (χ0v) is 10.6. The summed E-state index contributed by atoms with van der Waals surface area (Å²) in [7, 11) is 0. The third-order valence-corrected chi connectivity index (χ3v) is 3.01. The molecule has 16 heavy (non-hydrogen) atoms. The van der Waals surface area contributed by atoms with E-state index in [4.69, 9.17) is 10.2 Å². The first kappa shape index (κ1) is 13.6. The maximum Gasteiger partial charge on any atom is 0.137 e. The van der Waals surface area contributed by atoms with Gasteiger partial charge in [-0.3, -0.25) is 0 Å². The van der Waals surface area contributed by atoms with Crippen LogP contribution in [-0.4, -0.2) is 29.0 Å². The van der Waals surface area contributed by atoms with Gasteiger partial charge in [-0.05, 0) is 40.5 Å². The van der Waals surface area contributed by atoms with Crippen molar-refractivity contribution in [3.8, 4) is 0 Å². The molecule has 0 saturated heterocycles. The fourth-order valence-corrected chi connectivity index (χ4v) is 1.55. The summed E-state index contributed by atoms with van der Waals surface area (Å²) >= 11 is 3.10. The summed E-state index contributed by atoms with van der Waals surface area (Å²) in [5, 5.41) is 21.2. The molecule has 1 aromatic rings. The van der Waals surface area contributed by atoms with Crippen molar-refractivity contribution in [2.75, 3.05) is 13.2 Å². The molecule has 0 unspecified atom stereocenters. The first-order chi connectivity index (χ1) is 7.50. The monoisotopic (exact) mass is 291 g/mol. The molecule has 0 bridgehead atoms. The highest BCUT2D eigenvalue weighted by Gasteiger charge is 2.21. The van der Waals surface area contributed by atoms with Crippen LogP contribution in [0, 0.1) is 5.82 Å². The Balaban J connectivity index is 2.64. The van der Waals surface area contributed by atoms with E-state index < -0.39 is 5.54 Å². The average molecular weight is 292 g/mol. The molecule has 0 heterocycles. The Hall–Kier alpha value is -0.490. The summed E-state index contributed by atoms with van der Waals surface area (Å²) in [4.78, 5) is 0. The fourth-order valence-electron chi connectivity index (χ4n) is 1.13. The van der Waals surface area contributed by atoms with Crippen LogP contribution in [0.1, 0.15) is 12.5 Å². The van der Waals surface area contributed by atoms with Gasteiger partial charge in [-0.15, -0.1) is 0 Å². The molecule has 0 saturated carbocycles. The van der Waals surface area contributed by atoms with Crippen molar-refractivity contribution < 1.29 is 14.6 Å². The van der Waals surface area contributed by atoms with E-state index in [0.29, 0.717) is 11.0 Å². The van der Waals surface area contributed by atoms with Crippen LogP contribution in [0.3, 0.4) is 0 Å². The quantitative estimate of drug-likeness (QED) is 0.769. The van der Waals surface area contributed by atoms with E-state index in [9.17, 15) is 4.39 Å². The van der Waals surface area contributed by atoms with Crippen LogP contribution < -0.4 is 5.32 Å². The summed E-state index contributed by atoms with van der Waals surface area (Å²) in [6, 6.07) is 4.69. The van der Waals surface area contributed by atoms with Gasteiger partial charge in [0.2, 0.25) is 0 Å². The van der Waals surface area contributed by atoms with Crippen molar-refractivity contribution in [1.82, 2.24) is 5.32 Å². The van der Waals surface area contributed by atoms with E-state index in [0.717, 1.165) is 5.56 Å². The summed E-state index contributed by atoms with van der Waals surface area (Å²) in [6.45, 7) is 1.85. The van der Waals surface area contributed by atoms with Crippen LogP contribution in [0.5, 0.6) is 0 Å². The van der Waals surface area contributed by atoms with Crippen LogP contribution in [0.25, 0.3) is 0 Å². The zero-order chi connectivity index (χ0) is 12.2. The molecule has 0 radical (unpaired) electrons. The van der Waals surface area contributed by atoms with Gasteiger partial charge in [-0.1, -0.05) is 6.07 Å². The lowest BCUT2D eigenvalue weighted by atomic mass is 10.0. The summed E-state index contributed by atoms with van der Waals surface area (Å²) in [5.41, 5.74) is 0.155. The molecule has 1 aromatic carbocycles. The molecule has 0 aliphatic carbocycles. The number of hydrogen-bond acceptors (Lipinski definition) is 3. The molecule has 90 valence electrons. The van der Waals surface area contributed by atoms with Gasteiger partial charge in [0, 0.05) is 6.54 Å². The molecule has 0 atom stereocenters. The van der Waals surface area contributed by atoms with Crippen LogP contribution >= 0.6 is 15.9 Å². The van der Waals surface area contributed by atoms with E-state index in [1.54, 1.807) is 19.1 Å². The van der Waals surface area contributed by atoms with E-state index in [1.807, 2.05) is 0 Å². The Morgan fingerprint density at radius 3 is 2.50 bits per heavy atom. The topological polar surface area (TPSA) is 52.5 Å². The molecular weight excluding hydrogens is 277 g/mol. The fraction of sp³-hybridized carbons (Fsp3) is 0.455. The highest BCUT2D eigenvalue weighted by Crippen LogP contribution is 2.17. The number of benzene rings is 1. The molecule has 0 spiro atoms. The number of hydrogen-bond donors (Lipinski definition) is 3. The van der Waals surface area contributed by atoms with E-state index >= 15 is 0 Å². The first-order valence-electron chi connectivity index (χ1n) is 4.91. The van der Waals surface area contributed by atoms with Gasteiger partial charge in [-0.2, -0.15) is 0 Å². The van der Waals surface area contributed by atoms with Gasteiger partial charge in [0.15, 0.2) is 0 Å². The summed E-state index contributed by atoms with van der Waals surface area (Å²) < 4.78 is 13.4. The lowest BCUT2D eigenvalue weighted by Gasteiger charge is -2.26. The Morgan fingerprint density at radius 2 is 2.00 bits per heavy atom. The molecule has 0 aromatic heterocycles. The summed E-state index contributed by atoms with van der Waals surface area (Å²) in [6.07, 6.45) is 0. The normalized spacial score (nSPS) is 11.8. The third-order valence-electron chi connectivity index (χ3n) is 2.40. The predicted molar refractivity (Wildman–Crippen MR) is 63.5 cm³/mol. The molecular formula is C11H15BrFNO2. The van der Waals surface area contributed by atoms with Gasteiger partial charge in [0.05, 0.1) is 23.2 Å². The Labute approximate surface area is 102 Å². The Bertz CT molecular complexity index is 356. The Morgan fingerprint density at radius 1 is 1.38 bits per heavy atom. The molecule has 5 heteroatoms. The minimum Gasteiger partial charge on any atom is -0.394 e. The maximum absolute atomic E-state index is 13.0. The van der Waals surface area contributed by atoms with Gasteiger partial charge in [-0.25, -0.2) is 4.39 Å². The van der Waals surface area contributed by atoms with E-state index in [-0.39, 0.29) is 19.0 Å². The van der Waals surface area contributed by atoms with Crippen LogP contribution in [0.15, 0.2) is 22.7 Å². The SMILES string of the molecule is CC(CO)(CO)NCc1ccc(F)c(Br)c1. The molecule has 0 aliphatic heterocycles. The van der Waals surface area contributed by atoms with Gasteiger partial charge in [0.25, 0.3) is 0 Å². The zero-order valence-electron chi connectivity index (χ0n) is 9.00. The largest absolute Gasteiger partial charge is 0.394 e. The number of halogens is 2. The summed E-state index contributed by atoms with van der Waals surface area (Å²) in [5.74, 6) is -0.309. The van der Waals surface area contributed by atoms with Crippen molar-refractivity contribution in [1.29, 1.82) is 0 Å². The van der Waals surface area contributed by atoms with Crippen molar-refractivity contribution >= 4 is 15.9 Å². The molecule has 0 amide bonds. The standard InChI is InChI=1S/C11H15BrFNO2/c1-11(6-15,7-16)14-5-8-2-3-10(13)9(12)4-8/h2-4,14-16H,5-7H2,1H3. The van der Waals surface area contributed by atoms with Crippen molar-refractivity contribution in [3.63, 3.8) is 0 Å². The predicted octanol–water partition coefficient (Wildman–Crippen LogP) is 1.42. The van der Waals surface area contributed by atoms with Crippen LogP contribution in [0.2, 0.25) is 0 Å². The lowest BCUT2D eigenvalue weighted by molar-refractivity contribution is 0.103. The van der Waals surface area contributed by atoms with Crippen molar-refractivity contribution in [2.45, 2.75) is 19.0 Å². The molecule has 3 nitrogen and oxygen atoms in total. The molecule has 0 fully saturated rings. The second-order valence-corrected chi connectivity index (χ2v) is 4.83. The third kappa shape index (κ3) is 3.52. The van der Waals surface area contributed by atoms with Crippen molar-refractivity contribution in [2.24, 2.45) is 0 Å². The minimum atomic E-state index is -0.721. The molecule has 3 N–H and O–H groups in total. The van der Waals surface area contributed by atoms with Gasteiger partial charge < -0.3 is 15.5 Å². The minimum absolute atomic E-state index is 0.161. The number of aliphatic hydroxyl groups is 2. The van der Waals surface area contributed by atoms with Crippen LogP contribution in [0.4, 0.5) is 4.39 Å². The highest BCUT2D eigenvalue weighted by atomic mass is 79.9. The van der Waals surface area contributed by atoms with E-state index in [2.05, 4.69) is 21.2 Å². The van der Waals surface area contributed by atoms with Gasteiger partial charge >= 0.3 is 0 Å².